The second-order valence-corrected chi connectivity index (χ2v) is 12.4. The van der Waals surface area contributed by atoms with Gasteiger partial charge < -0.3 is 20.1 Å². The molecule has 6 nitrogen and oxygen atoms in total. The van der Waals surface area contributed by atoms with Gasteiger partial charge in [-0.15, -0.1) is 0 Å². The fourth-order valence-corrected chi connectivity index (χ4v) is 5.51. The lowest BCUT2D eigenvalue weighted by atomic mass is 10.0. The van der Waals surface area contributed by atoms with Crippen molar-refractivity contribution < 1.29 is 40.5 Å². The molecule has 2 N–H and O–H groups in total. The van der Waals surface area contributed by atoms with E-state index in [9.17, 15) is 31.7 Å². The number of rotatable bonds is 5. The summed E-state index contributed by atoms with van der Waals surface area (Å²) >= 11 is 0. The Kier molecular flexibility index (Phi) is 7.53. The number of carbonyl (C=O) groups is 2. The van der Waals surface area contributed by atoms with Crippen molar-refractivity contribution in [1.29, 1.82) is 0 Å². The third kappa shape index (κ3) is 5.80. The smallest absolute Gasteiger partial charge is 0.326 e. The van der Waals surface area contributed by atoms with Gasteiger partial charge in [-0.1, -0.05) is 24.3 Å². The molecule has 0 saturated carbocycles. The average Bonchev–Trinajstić information content (AvgIpc) is 3.20. The normalized spacial score (nSPS) is 15.9. The zero-order valence-electron chi connectivity index (χ0n) is 20.6. The predicted octanol–water partition coefficient (Wildman–Crippen LogP) is 5.96. The van der Waals surface area contributed by atoms with Gasteiger partial charge in [-0.25, -0.2) is 18.0 Å². The summed E-state index contributed by atoms with van der Waals surface area (Å²) in [5.41, 5.74) is -2.03. The van der Waals surface area contributed by atoms with Crippen LogP contribution in [0.25, 0.3) is 11.1 Å². The molecule has 206 valence electrons. The lowest BCUT2D eigenvalue weighted by Crippen LogP contribution is -2.43. The minimum absolute atomic E-state index is 0.00222. The zero-order chi connectivity index (χ0) is 28.7. The van der Waals surface area contributed by atoms with E-state index in [0.29, 0.717) is 11.4 Å². The number of urea groups is 1. The molecule has 0 unspecified atom stereocenters. The van der Waals surface area contributed by atoms with Gasteiger partial charge >= 0.3 is 12.2 Å². The molecule has 3 aromatic carbocycles. The Labute approximate surface area is 219 Å². The van der Waals surface area contributed by atoms with Crippen molar-refractivity contribution in [3.05, 3.63) is 77.6 Å². The number of halogens is 6. The summed E-state index contributed by atoms with van der Waals surface area (Å²) in [5, 5.41) is 4.67. The van der Waals surface area contributed by atoms with E-state index in [4.69, 9.17) is 0 Å². The van der Waals surface area contributed by atoms with E-state index >= 15 is 8.78 Å². The maximum Gasteiger partial charge on any atom is 0.416 e. The van der Waals surface area contributed by atoms with Crippen molar-refractivity contribution >= 4 is 35.8 Å². The molecule has 1 aliphatic rings. The molecule has 0 spiro atoms. The first-order valence-corrected chi connectivity index (χ1v) is 14.2. The fourth-order valence-electron chi connectivity index (χ4n) is 4.29. The molecule has 1 atom stereocenters. The number of hydrogen-bond donors (Lipinski definition) is 2. The summed E-state index contributed by atoms with van der Waals surface area (Å²) in [6.45, 7) is 2.93. The minimum atomic E-state index is -4.77. The van der Waals surface area contributed by atoms with Crippen LogP contribution in [0.3, 0.4) is 0 Å². The van der Waals surface area contributed by atoms with E-state index in [2.05, 4.69) is 5.32 Å². The molecule has 0 radical (unpaired) electrons. The monoisotopic (exact) mass is 569 g/mol. The third-order valence-electron chi connectivity index (χ3n) is 6.18. The molecule has 1 heterocycles. The van der Waals surface area contributed by atoms with Crippen LogP contribution < -0.4 is 20.8 Å². The Morgan fingerprint density at radius 2 is 1.67 bits per heavy atom. The van der Waals surface area contributed by atoms with Crippen molar-refractivity contribution in [2.24, 2.45) is 0 Å². The predicted molar refractivity (Wildman–Crippen MR) is 135 cm³/mol. The Morgan fingerprint density at radius 3 is 2.31 bits per heavy atom. The van der Waals surface area contributed by atoms with Crippen LogP contribution in [0, 0.1) is 17.5 Å². The molecular weight excluding hydrogens is 547 g/mol. The van der Waals surface area contributed by atoms with Crippen LogP contribution in [0.4, 0.5) is 42.5 Å². The molecule has 1 aliphatic heterocycles. The van der Waals surface area contributed by atoms with Gasteiger partial charge in [0.25, 0.3) is 0 Å². The van der Waals surface area contributed by atoms with E-state index in [1.165, 1.54) is 31.5 Å². The van der Waals surface area contributed by atoms with Gasteiger partial charge in [0, 0.05) is 17.4 Å². The maximum atomic E-state index is 15.2. The second kappa shape index (κ2) is 10.4. The first kappa shape index (κ1) is 28.2. The number of carbonyl (C=O) groups excluding carboxylic acids is 2. The number of nitrogens with one attached hydrogen (secondary N) is 2. The van der Waals surface area contributed by atoms with Crippen LogP contribution >= 0.6 is 7.14 Å². The van der Waals surface area contributed by atoms with Crippen LogP contribution in [0.15, 0.2) is 54.6 Å². The summed E-state index contributed by atoms with van der Waals surface area (Å²) in [5.74, 6) is -4.65. The van der Waals surface area contributed by atoms with E-state index in [1.807, 2.05) is 5.32 Å². The van der Waals surface area contributed by atoms with Crippen LogP contribution in [0.5, 0.6) is 0 Å². The van der Waals surface area contributed by atoms with Gasteiger partial charge in [-0.2, -0.15) is 13.2 Å². The fraction of sp³-hybridized carbons (Fsp3) is 0.231. The lowest BCUT2D eigenvalue weighted by Gasteiger charge is -2.20. The van der Waals surface area contributed by atoms with E-state index in [0.717, 1.165) is 11.0 Å². The van der Waals surface area contributed by atoms with Gasteiger partial charge in [-0.05, 0) is 55.6 Å². The molecule has 0 bridgehead atoms. The number of nitrogens with zero attached hydrogens (tertiary/aromatic N) is 1. The van der Waals surface area contributed by atoms with Gasteiger partial charge in [-0.3, -0.25) is 4.79 Å². The number of benzene rings is 3. The second-order valence-electron chi connectivity index (χ2n) is 9.25. The highest BCUT2D eigenvalue weighted by Crippen LogP contribution is 2.40. The van der Waals surface area contributed by atoms with E-state index in [-0.39, 0.29) is 35.8 Å². The van der Waals surface area contributed by atoms with Crippen molar-refractivity contribution in [2.75, 3.05) is 30.1 Å². The molecule has 1 saturated heterocycles. The molecule has 3 aromatic rings. The van der Waals surface area contributed by atoms with Gasteiger partial charge in [0.05, 0.1) is 16.9 Å². The van der Waals surface area contributed by atoms with Gasteiger partial charge in [0.2, 0.25) is 5.91 Å². The molecule has 3 amide bonds. The van der Waals surface area contributed by atoms with E-state index < -0.39 is 60.0 Å². The molecule has 1 fully saturated rings. The van der Waals surface area contributed by atoms with Crippen LogP contribution in [-0.2, 0) is 15.5 Å². The van der Waals surface area contributed by atoms with Crippen molar-refractivity contribution in [1.82, 2.24) is 5.32 Å². The molecule has 0 aromatic heterocycles. The van der Waals surface area contributed by atoms with E-state index in [1.54, 1.807) is 18.2 Å². The number of hydrogen-bond acceptors (Lipinski definition) is 3. The van der Waals surface area contributed by atoms with Crippen molar-refractivity contribution in [3.63, 3.8) is 0 Å². The average molecular weight is 569 g/mol. The summed E-state index contributed by atoms with van der Waals surface area (Å²) in [6, 6.07) is 8.09. The lowest BCUT2D eigenvalue weighted by molar-refractivity contribution is -0.137. The molecule has 4 rings (SSSR count). The highest BCUT2D eigenvalue weighted by atomic mass is 31.2. The highest BCUT2D eigenvalue weighted by molar-refractivity contribution is 7.70. The summed E-state index contributed by atoms with van der Waals surface area (Å²) in [7, 11) is -2.83. The highest BCUT2D eigenvalue weighted by Gasteiger charge is 2.36. The Bertz CT molecular complexity index is 1500. The van der Waals surface area contributed by atoms with Crippen molar-refractivity contribution in [2.45, 2.75) is 18.6 Å². The van der Waals surface area contributed by atoms with Crippen LogP contribution in [-0.4, -0.2) is 37.9 Å². The maximum absolute atomic E-state index is 15.2. The topological polar surface area (TPSA) is 78.5 Å². The minimum Gasteiger partial charge on any atom is -0.326 e. The molecule has 0 aliphatic carbocycles. The van der Waals surface area contributed by atoms with Crippen molar-refractivity contribution in [3.8, 4) is 11.1 Å². The number of anilines is 2. The molecule has 39 heavy (non-hydrogen) atoms. The summed E-state index contributed by atoms with van der Waals surface area (Å²) in [4.78, 5) is 26.1. The number of amides is 3. The molecular formula is C26H22F6N3O3P. The first-order chi connectivity index (χ1) is 18.2. The first-order valence-electron chi connectivity index (χ1n) is 11.6. The zero-order valence-corrected chi connectivity index (χ0v) is 21.5. The SMILES string of the molecule is CP(C)(=O)c1ccccc1-c1ccc(N2CC[C@@H](NC(=O)Nc3ccc(C(F)(F)F)cc3F)C2=O)c(F)c1F. The molecule has 13 heteroatoms. The van der Waals surface area contributed by atoms with Gasteiger partial charge in [0.15, 0.2) is 11.6 Å². The van der Waals surface area contributed by atoms with Gasteiger partial charge in [0.1, 0.15) is 19.0 Å². The Morgan fingerprint density at radius 1 is 0.974 bits per heavy atom. The third-order valence-corrected chi connectivity index (χ3v) is 7.73. The Balaban J connectivity index is 1.50. The summed E-state index contributed by atoms with van der Waals surface area (Å²) < 4.78 is 95.2. The summed E-state index contributed by atoms with van der Waals surface area (Å²) in [6.07, 6.45) is -4.77. The number of alkyl halides is 3. The van der Waals surface area contributed by atoms with Crippen LogP contribution in [0.2, 0.25) is 0 Å². The van der Waals surface area contributed by atoms with Crippen LogP contribution in [0.1, 0.15) is 12.0 Å². The standard InChI is InChI=1S/C26H22F6N3O3P/c1-39(2,38)21-6-4-3-5-15(21)16-8-10-20(23(29)22(16)28)35-12-11-19(24(35)36)34-25(37)33-18-9-7-14(13-17(18)27)26(30,31)32/h3-10,13,19H,11-12H2,1-2H3,(H2,33,34,37)/t19-/m1/s1. The largest absolute Gasteiger partial charge is 0.416 e. The Hall–Kier alpha value is -3.79. The quantitative estimate of drug-likeness (QED) is 0.294.